The van der Waals surface area contributed by atoms with Gasteiger partial charge in [-0.15, -0.1) is 0 Å². The van der Waals surface area contributed by atoms with Crippen LogP contribution in [0.2, 0.25) is 0 Å². The summed E-state index contributed by atoms with van der Waals surface area (Å²) in [6.07, 6.45) is 0. The van der Waals surface area contributed by atoms with Crippen molar-refractivity contribution >= 4 is 22.6 Å². The summed E-state index contributed by atoms with van der Waals surface area (Å²) in [5.74, 6) is -0.988. The molecule has 0 aliphatic carbocycles. The van der Waals surface area contributed by atoms with Crippen LogP contribution in [0.25, 0.3) is 10.9 Å². The minimum atomic E-state index is -0.988. The molecule has 3 aromatic rings. The number of fused-ring (bicyclic) bond motifs is 1. The molecule has 1 aromatic heterocycles. The second kappa shape index (κ2) is 6.40. The lowest BCUT2D eigenvalue weighted by molar-refractivity contribution is 0.0698. The number of hydrogen-bond donors (Lipinski definition) is 4. The number of anilines is 1. The molecule has 0 atom stereocenters. The monoisotopic (exact) mass is 299 g/mol. The molecule has 5 N–H and O–H groups in total. The van der Waals surface area contributed by atoms with Crippen molar-refractivity contribution in [2.45, 2.75) is 0 Å². The Balaban J connectivity index is 0.000000164. The first-order valence-corrected chi connectivity index (χ1v) is 6.28. The van der Waals surface area contributed by atoms with Gasteiger partial charge in [0.15, 0.2) is 0 Å². The third-order valence-electron chi connectivity index (χ3n) is 2.84. The van der Waals surface area contributed by atoms with Crippen LogP contribution < -0.4 is 17.0 Å². The van der Waals surface area contributed by atoms with Crippen molar-refractivity contribution in [3.05, 3.63) is 74.9 Å². The maximum absolute atomic E-state index is 11.1. The number of aromatic carboxylic acids is 1. The molecule has 112 valence electrons. The van der Waals surface area contributed by atoms with Crippen molar-refractivity contribution in [3.63, 3.8) is 0 Å². The summed E-state index contributed by atoms with van der Waals surface area (Å²) in [5.41, 5.74) is 5.53. The lowest BCUT2D eigenvalue weighted by Gasteiger charge is -1.96. The van der Waals surface area contributed by atoms with Crippen LogP contribution in [0, 0.1) is 0 Å². The summed E-state index contributed by atoms with van der Waals surface area (Å²) in [5, 5.41) is 8.98. The molecule has 2 aromatic carbocycles. The number of rotatable bonds is 1. The van der Waals surface area contributed by atoms with Gasteiger partial charge >= 0.3 is 11.7 Å². The normalized spacial score (nSPS) is 9.82. The van der Waals surface area contributed by atoms with Gasteiger partial charge in [-0.25, -0.2) is 9.59 Å². The van der Waals surface area contributed by atoms with Crippen LogP contribution in [-0.4, -0.2) is 21.0 Å². The van der Waals surface area contributed by atoms with E-state index in [1.807, 2.05) is 0 Å². The van der Waals surface area contributed by atoms with Gasteiger partial charge in [0, 0.05) is 5.69 Å². The molecule has 7 nitrogen and oxygen atoms in total. The van der Waals surface area contributed by atoms with Crippen molar-refractivity contribution in [2.75, 3.05) is 5.73 Å². The average molecular weight is 299 g/mol. The van der Waals surface area contributed by atoms with Gasteiger partial charge in [-0.1, -0.05) is 24.3 Å². The van der Waals surface area contributed by atoms with Gasteiger partial charge in [-0.05, 0) is 24.3 Å². The van der Waals surface area contributed by atoms with Gasteiger partial charge in [0.25, 0.3) is 5.56 Å². The third-order valence-corrected chi connectivity index (χ3v) is 2.84. The predicted octanol–water partition coefficient (Wildman–Crippen LogP) is 1.18. The zero-order valence-electron chi connectivity index (χ0n) is 11.4. The van der Waals surface area contributed by atoms with E-state index in [1.54, 1.807) is 42.5 Å². The van der Waals surface area contributed by atoms with E-state index in [0.29, 0.717) is 16.6 Å². The number of para-hydroxylation sites is 2. The molecule has 0 amide bonds. The second-order valence-corrected chi connectivity index (χ2v) is 4.35. The largest absolute Gasteiger partial charge is 0.478 e. The number of aromatic nitrogens is 2. The highest BCUT2D eigenvalue weighted by Gasteiger charge is 2.03. The van der Waals surface area contributed by atoms with Gasteiger partial charge in [0.05, 0.1) is 16.5 Å². The molecule has 3 rings (SSSR count). The fraction of sp³-hybridized carbons (Fsp3) is 0. The highest BCUT2D eigenvalue weighted by molar-refractivity contribution is 5.93. The molecular weight excluding hydrogens is 286 g/mol. The second-order valence-electron chi connectivity index (χ2n) is 4.35. The molecular formula is C15H13N3O4. The number of nitrogens with two attached hydrogens (primary N) is 1. The smallest absolute Gasteiger partial charge is 0.337 e. The van der Waals surface area contributed by atoms with Crippen molar-refractivity contribution in [1.29, 1.82) is 0 Å². The molecule has 1 heterocycles. The fourth-order valence-electron chi connectivity index (χ4n) is 1.81. The number of nitrogens with one attached hydrogen (secondary N) is 2. The quantitative estimate of drug-likeness (QED) is 0.501. The van der Waals surface area contributed by atoms with Crippen LogP contribution in [0.1, 0.15) is 10.4 Å². The summed E-state index contributed by atoms with van der Waals surface area (Å²) < 4.78 is 0. The standard InChI is InChI=1S/C8H6N2O2.C7H7NO2/c11-7-5-3-1-2-4-6(5)9-8(12)10-7;8-6-4-2-1-3-5(6)7(9)10/h1-4H,(H2,9,10,11,12);1-4H,8H2,(H,9,10). The van der Waals surface area contributed by atoms with E-state index in [4.69, 9.17) is 10.8 Å². The Labute approximate surface area is 124 Å². The third kappa shape index (κ3) is 3.40. The number of carbonyl (C=O) groups is 1. The summed E-state index contributed by atoms with van der Waals surface area (Å²) in [7, 11) is 0. The van der Waals surface area contributed by atoms with Crippen LogP contribution in [-0.2, 0) is 0 Å². The number of benzene rings is 2. The molecule has 0 radical (unpaired) electrons. The number of nitrogen functional groups attached to an aromatic ring is 1. The Hall–Kier alpha value is -3.35. The lowest BCUT2D eigenvalue weighted by Crippen LogP contribution is -2.21. The van der Waals surface area contributed by atoms with Crippen molar-refractivity contribution in [2.24, 2.45) is 0 Å². The van der Waals surface area contributed by atoms with E-state index in [0.717, 1.165) is 0 Å². The first-order chi connectivity index (χ1) is 10.5. The van der Waals surface area contributed by atoms with E-state index in [-0.39, 0.29) is 11.1 Å². The first kappa shape index (κ1) is 15.0. The first-order valence-electron chi connectivity index (χ1n) is 6.28. The number of H-pyrrole nitrogens is 2. The van der Waals surface area contributed by atoms with Crippen LogP contribution in [0.4, 0.5) is 5.69 Å². The number of carboxylic acid groups (broad SMARTS) is 1. The molecule has 0 aliphatic heterocycles. The molecule has 0 aliphatic rings. The fourth-order valence-corrected chi connectivity index (χ4v) is 1.81. The highest BCUT2D eigenvalue weighted by atomic mass is 16.4. The summed E-state index contributed by atoms with van der Waals surface area (Å²) >= 11 is 0. The molecule has 0 saturated carbocycles. The van der Waals surface area contributed by atoms with E-state index in [1.165, 1.54) is 6.07 Å². The maximum atomic E-state index is 11.1. The zero-order valence-corrected chi connectivity index (χ0v) is 11.4. The number of hydrogen-bond acceptors (Lipinski definition) is 4. The van der Waals surface area contributed by atoms with E-state index < -0.39 is 11.7 Å². The van der Waals surface area contributed by atoms with E-state index >= 15 is 0 Å². The molecule has 0 fully saturated rings. The van der Waals surface area contributed by atoms with Crippen LogP contribution in [0.5, 0.6) is 0 Å². The summed E-state index contributed by atoms with van der Waals surface area (Å²) in [4.78, 5) is 36.9. The summed E-state index contributed by atoms with van der Waals surface area (Å²) in [6, 6.07) is 13.2. The van der Waals surface area contributed by atoms with Crippen LogP contribution >= 0.6 is 0 Å². The van der Waals surface area contributed by atoms with Crippen LogP contribution in [0.3, 0.4) is 0 Å². The van der Waals surface area contributed by atoms with Crippen molar-refractivity contribution in [3.8, 4) is 0 Å². The minimum absolute atomic E-state index is 0.155. The molecule has 22 heavy (non-hydrogen) atoms. The SMILES string of the molecule is Nc1ccccc1C(=O)O.O=c1[nH]c(=O)c2ccccc2[nH]1. The van der Waals surface area contributed by atoms with Crippen LogP contribution in [0.15, 0.2) is 58.1 Å². The average Bonchev–Trinajstić information content (AvgIpc) is 2.48. The minimum Gasteiger partial charge on any atom is -0.478 e. The molecule has 0 bridgehead atoms. The molecule has 0 spiro atoms. The van der Waals surface area contributed by atoms with Crippen molar-refractivity contribution in [1.82, 2.24) is 9.97 Å². The molecule has 0 saturated heterocycles. The van der Waals surface area contributed by atoms with Crippen molar-refractivity contribution < 1.29 is 9.90 Å². The Morgan fingerprint density at radius 3 is 2.23 bits per heavy atom. The number of aromatic amines is 2. The Morgan fingerprint density at radius 1 is 0.955 bits per heavy atom. The van der Waals surface area contributed by atoms with Gasteiger partial charge in [0.1, 0.15) is 0 Å². The van der Waals surface area contributed by atoms with Gasteiger partial charge in [0.2, 0.25) is 0 Å². The molecule has 0 unspecified atom stereocenters. The summed E-state index contributed by atoms with van der Waals surface area (Å²) in [6.45, 7) is 0. The number of carboxylic acids is 1. The molecule has 7 heteroatoms. The Kier molecular flexibility index (Phi) is 4.38. The Bertz CT molecular complexity index is 927. The van der Waals surface area contributed by atoms with E-state index in [2.05, 4.69) is 9.97 Å². The highest BCUT2D eigenvalue weighted by Crippen LogP contribution is 2.09. The zero-order chi connectivity index (χ0) is 16.1. The maximum Gasteiger partial charge on any atom is 0.337 e. The Morgan fingerprint density at radius 2 is 1.59 bits per heavy atom. The van der Waals surface area contributed by atoms with E-state index in [9.17, 15) is 14.4 Å². The lowest BCUT2D eigenvalue weighted by atomic mass is 10.2. The van der Waals surface area contributed by atoms with Gasteiger partial charge < -0.3 is 15.8 Å². The van der Waals surface area contributed by atoms with Gasteiger partial charge in [-0.2, -0.15) is 0 Å². The predicted molar refractivity (Wildman–Crippen MR) is 83.0 cm³/mol. The topological polar surface area (TPSA) is 129 Å². The van der Waals surface area contributed by atoms with Gasteiger partial charge in [-0.3, -0.25) is 9.78 Å².